The predicted octanol–water partition coefficient (Wildman–Crippen LogP) is 4.78. The lowest BCUT2D eigenvalue weighted by molar-refractivity contribution is -0.267. The molecule has 1 aliphatic rings. The van der Waals surface area contributed by atoms with Crippen molar-refractivity contribution in [1.29, 1.82) is 0 Å². The van der Waals surface area contributed by atoms with Gasteiger partial charge in [0.15, 0.2) is 0 Å². The molecule has 2 aromatic carbocycles. The van der Waals surface area contributed by atoms with E-state index in [1.54, 1.807) is 11.4 Å². The van der Waals surface area contributed by atoms with Crippen molar-refractivity contribution < 1.29 is 26.7 Å². The van der Waals surface area contributed by atoms with Crippen LogP contribution in [-0.4, -0.2) is 28.2 Å². The minimum atomic E-state index is -5.96. The van der Waals surface area contributed by atoms with Crippen molar-refractivity contribution in [2.75, 3.05) is 5.32 Å². The average molecular weight is 393 g/mol. The first kappa shape index (κ1) is 18.1. The maximum Gasteiger partial charge on any atom is 0.463 e. The molecule has 0 atom stereocenters. The van der Waals surface area contributed by atoms with E-state index >= 15 is 0 Å². The Labute approximate surface area is 155 Å². The van der Waals surface area contributed by atoms with Gasteiger partial charge in [-0.05, 0) is 17.7 Å². The van der Waals surface area contributed by atoms with E-state index in [1.807, 2.05) is 30.3 Å². The van der Waals surface area contributed by atoms with Gasteiger partial charge in [-0.1, -0.05) is 36.4 Å². The highest BCUT2D eigenvalue weighted by Gasteiger charge is 2.63. The summed E-state index contributed by atoms with van der Waals surface area (Å²) in [4.78, 5) is 11.4. The van der Waals surface area contributed by atoms with Crippen LogP contribution < -0.4 is 5.32 Å². The topological polar surface area (TPSA) is 57.8 Å². The quantitative estimate of drug-likeness (QED) is 0.492. The van der Waals surface area contributed by atoms with Gasteiger partial charge in [-0.25, -0.2) is 0 Å². The largest absolute Gasteiger partial charge is 0.463 e. The minimum absolute atomic E-state index is 0.132. The van der Waals surface area contributed by atoms with Crippen molar-refractivity contribution >= 4 is 11.6 Å². The average Bonchev–Trinajstić information content (AvgIpc) is 3.20. The number of amides is 1. The first-order valence-electron chi connectivity index (χ1n) is 8.20. The van der Waals surface area contributed by atoms with Gasteiger partial charge in [0.1, 0.15) is 0 Å². The zero-order valence-corrected chi connectivity index (χ0v) is 14.1. The number of hydrogen-bond acceptors (Lipinski definition) is 2. The van der Waals surface area contributed by atoms with Crippen molar-refractivity contribution in [3.63, 3.8) is 0 Å². The van der Waals surface area contributed by atoms with E-state index in [0.717, 1.165) is 28.1 Å². The van der Waals surface area contributed by atoms with Crippen LogP contribution in [-0.2, 0) is 11.2 Å². The van der Waals surface area contributed by atoms with Gasteiger partial charge in [0.25, 0.3) is 0 Å². The molecule has 28 heavy (non-hydrogen) atoms. The van der Waals surface area contributed by atoms with Gasteiger partial charge in [0.05, 0.1) is 11.4 Å². The van der Waals surface area contributed by atoms with E-state index < -0.39 is 18.0 Å². The molecular formula is C19H12F5N3O. The fraction of sp³-hybridized carbons (Fsp3) is 0.158. The van der Waals surface area contributed by atoms with Crippen LogP contribution in [0.4, 0.5) is 27.6 Å². The van der Waals surface area contributed by atoms with Crippen molar-refractivity contribution in [3.8, 4) is 22.5 Å². The second-order valence-electron chi connectivity index (χ2n) is 6.37. The summed E-state index contributed by atoms with van der Waals surface area (Å²) in [5.41, 5.74) is 4.59. The minimum Gasteiger partial charge on any atom is -0.321 e. The number of alkyl halides is 5. The second-order valence-corrected chi connectivity index (χ2v) is 6.37. The van der Waals surface area contributed by atoms with Crippen LogP contribution in [0.3, 0.4) is 0 Å². The van der Waals surface area contributed by atoms with E-state index in [2.05, 4.69) is 10.2 Å². The van der Waals surface area contributed by atoms with E-state index in [-0.39, 0.29) is 5.69 Å². The number of benzene rings is 2. The summed E-state index contributed by atoms with van der Waals surface area (Å²) < 4.78 is 63.3. The summed E-state index contributed by atoms with van der Waals surface area (Å²) in [5.74, 6) is -7.89. The highest BCUT2D eigenvalue weighted by atomic mass is 19.4. The van der Waals surface area contributed by atoms with Crippen LogP contribution in [0.25, 0.3) is 22.5 Å². The molecule has 1 aromatic heterocycles. The van der Waals surface area contributed by atoms with Crippen molar-refractivity contribution in [2.24, 2.45) is 0 Å². The molecule has 0 radical (unpaired) electrons. The summed E-state index contributed by atoms with van der Waals surface area (Å²) in [5, 5.41) is 8.91. The summed E-state index contributed by atoms with van der Waals surface area (Å²) >= 11 is 0. The van der Waals surface area contributed by atoms with Crippen LogP contribution in [0, 0.1) is 0 Å². The Morgan fingerprint density at radius 1 is 1.04 bits per heavy atom. The maximum atomic E-state index is 13.1. The molecule has 144 valence electrons. The Hall–Kier alpha value is -3.23. The van der Waals surface area contributed by atoms with Gasteiger partial charge in [-0.15, -0.1) is 0 Å². The Bertz CT molecular complexity index is 1060. The maximum absolute atomic E-state index is 13.1. The zero-order valence-electron chi connectivity index (χ0n) is 14.1. The first-order valence-corrected chi connectivity index (χ1v) is 8.20. The number of aromatic nitrogens is 2. The van der Waals surface area contributed by atoms with Gasteiger partial charge < -0.3 is 5.32 Å². The van der Waals surface area contributed by atoms with E-state index in [1.165, 1.54) is 12.1 Å². The number of carbonyl (C=O) groups excluding carboxylic acids is 1. The third kappa shape index (κ3) is 2.83. The highest BCUT2D eigenvalue weighted by Crippen LogP contribution is 2.41. The molecular weight excluding hydrogens is 381 g/mol. The van der Waals surface area contributed by atoms with Crippen LogP contribution in [0.5, 0.6) is 0 Å². The van der Waals surface area contributed by atoms with Gasteiger partial charge in [0.2, 0.25) is 0 Å². The van der Waals surface area contributed by atoms with Crippen LogP contribution in [0.2, 0.25) is 0 Å². The number of rotatable bonds is 3. The lowest BCUT2D eigenvalue weighted by Crippen LogP contribution is -2.47. The number of H-pyrrole nitrogens is 1. The molecule has 4 rings (SSSR count). The van der Waals surface area contributed by atoms with E-state index in [0.29, 0.717) is 12.0 Å². The third-order valence-electron chi connectivity index (χ3n) is 4.56. The molecule has 9 heteroatoms. The fourth-order valence-electron chi connectivity index (χ4n) is 3.19. The molecule has 0 fully saturated rings. The molecule has 0 unspecified atom stereocenters. The standard InChI is InChI=1S/C19H12F5N3O/c20-18(21,19(22,23)24)17(28)25-12-6-7-13-11(8-12)9-14-15(26-27-16(13)14)10-4-2-1-3-5-10/h1-8H,9H2,(H,25,28)(H,26,27). The predicted molar refractivity (Wildman–Crippen MR) is 91.9 cm³/mol. The molecule has 2 N–H and O–H groups in total. The number of hydrogen-bond donors (Lipinski definition) is 2. The Kier molecular flexibility index (Phi) is 3.99. The lowest BCUT2D eigenvalue weighted by atomic mass is 10.1. The molecule has 1 amide bonds. The Balaban J connectivity index is 1.61. The molecule has 1 aliphatic carbocycles. The molecule has 0 spiro atoms. The number of anilines is 1. The van der Waals surface area contributed by atoms with Gasteiger partial charge in [-0.2, -0.15) is 27.1 Å². The van der Waals surface area contributed by atoms with Gasteiger partial charge >= 0.3 is 18.0 Å². The van der Waals surface area contributed by atoms with Gasteiger partial charge in [-0.3, -0.25) is 9.89 Å². The molecule has 0 aliphatic heterocycles. The molecule has 0 saturated carbocycles. The molecule has 4 nitrogen and oxygen atoms in total. The number of aromatic amines is 1. The molecule has 0 saturated heterocycles. The van der Waals surface area contributed by atoms with Crippen LogP contribution in [0.15, 0.2) is 48.5 Å². The summed E-state index contributed by atoms with van der Waals surface area (Å²) in [6.45, 7) is 0. The van der Waals surface area contributed by atoms with Crippen LogP contribution >= 0.6 is 0 Å². The molecule has 1 heterocycles. The highest BCUT2D eigenvalue weighted by molar-refractivity contribution is 5.97. The number of halogens is 5. The summed E-state index contributed by atoms with van der Waals surface area (Å²) in [6, 6.07) is 13.6. The van der Waals surface area contributed by atoms with Gasteiger partial charge in [0, 0.05) is 28.8 Å². The first-order chi connectivity index (χ1) is 13.2. The van der Waals surface area contributed by atoms with Crippen LogP contribution in [0.1, 0.15) is 11.1 Å². The molecule has 3 aromatic rings. The summed E-state index contributed by atoms with van der Waals surface area (Å²) in [6.07, 6.45) is -5.55. The monoisotopic (exact) mass is 393 g/mol. The summed E-state index contributed by atoms with van der Waals surface area (Å²) in [7, 11) is 0. The SMILES string of the molecule is O=C(Nc1ccc2c(c1)Cc1c(-c3ccccc3)n[nH]c1-2)C(F)(F)C(F)(F)F. The third-order valence-corrected chi connectivity index (χ3v) is 4.56. The Morgan fingerprint density at radius 3 is 2.43 bits per heavy atom. The van der Waals surface area contributed by atoms with Crippen molar-refractivity contribution in [2.45, 2.75) is 18.5 Å². The number of nitrogens with zero attached hydrogens (tertiary/aromatic N) is 1. The van der Waals surface area contributed by atoms with Crippen molar-refractivity contribution in [3.05, 3.63) is 59.7 Å². The molecule has 0 bridgehead atoms. The fourth-order valence-corrected chi connectivity index (χ4v) is 3.19. The smallest absolute Gasteiger partial charge is 0.321 e. The normalized spacial score (nSPS) is 13.2. The van der Waals surface area contributed by atoms with E-state index in [4.69, 9.17) is 0 Å². The van der Waals surface area contributed by atoms with Crippen molar-refractivity contribution in [1.82, 2.24) is 10.2 Å². The number of carbonyl (C=O) groups is 1. The second kappa shape index (κ2) is 6.15. The Morgan fingerprint density at radius 2 is 1.75 bits per heavy atom. The number of fused-ring (bicyclic) bond motifs is 3. The zero-order chi connectivity index (χ0) is 20.1. The number of nitrogens with one attached hydrogen (secondary N) is 2. The van der Waals surface area contributed by atoms with E-state index in [9.17, 15) is 26.7 Å². The lowest BCUT2D eigenvalue weighted by Gasteiger charge is -2.18.